The summed E-state index contributed by atoms with van der Waals surface area (Å²) in [5.41, 5.74) is 1.05. The lowest BCUT2D eigenvalue weighted by atomic mass is 10.0. The minimum Gasteiger partial charge on any atom is -0.339 e. The molecule has 1 aliphatic heterocycles. The summed E-state index contributed by atoms with van der Waals surface area (Å²) >= 11 is 0. The number of nitrogens with zero attached hydrogens (tertiary/aromatic N) is 2. The van der Waals surface area contributed by atoms with Crippen molar-refractivity contribution in [2.45, 2.75) is 44.9 Å². The highest BCUT2D eigenvalue weighted by atomic mass is 16.2. The molecule has 0 spiro atoms. The highest BCUT2D eigenvalue weighted by Gasteiger charge is 2.25. The molecule has 1 aromatic rings. The maximum absolute atomic E-state index is 12.4. The third kappa shape index (κ3) is 4.59. The Morgan fingerprint density at radius 2 is 1.46 bits per heavy atom. The zero-order valence-corrected chi connectivity index (χ0v) is 14.5. The summed E-state index contributed by atoms with van der Waals surface area (Å²) in [5.74, 6) is 1.21. The summed E-state index contributed by atoms with van der Waals surface area (Å²) < 4.78 is 0. The molecule has 1 saturated heterocycles. The van der Waals surface area contributed by atoms with Crippen LogP contribution in [0.5, 0.6) is 0 Å². The van der Waals surface area contributed by atoms with Gasteiger partial charge in [0.25, 0.3) is 0 Å². The van der Waals surface area contributed by atoms with Gasteiger partial charge in [-0.3, -0.25) is 9.59 Å². The smallest absolute Gasteiger partial charge is 0.227 e. The first-order valence-corrected chi connectivity index (χ1v) is 9.32. The number of rotatable bonds is 5. The van der Waals surface area contributed by atoms with E-state index in [1.165, 1.54) is 25.7 Å². The molecule has 1 heterocycles. The van der Waals surface area contributed by atoms with Crippen LogP contribution in [0.1, 0.15) is 44.1 Å². The highest BCUT2D eigenvalue weighted by Crippen LogP contribution is 2.28. The fraction of sp³-hybridized carbons (Fsp3) is 0.600. The molecule has 1 aliphatic carbocycles. The largest absolute Gasteiger partial charge is 0.339 e. The van der Waals surface area contributed by atoms with Gasteiger partial charge in [-0.05, 0) is 17.9 Å². The van der Waals surface area contributed by atoms with E-state index in [0.717, 1.165) is 17.9 Å². The van der Waals surface area contributed by atoms with E-state index in [4.69, 9.17) is 0 Å². The minimum absolute atomic E-state index is 0.166. The summed E-state index contributed by atoms with van der Waals surface area (Å²) in [6.07, 6.45) is 7.46. The van der Waals surface area contributed by atoms with Crippen molar-refractivity contribution in [2.24, 2.45) is 5.92 Å². The Labute approximate surface area is 144 Å². The number of carbonyl (C=O) groups is 2. The number of piperazine rings is 1. The van der Waals surface area contributed by atoms with Gasteiger partial charge in [0.05, 0.1) is 6.42 Å². The predicted octanol–water partition coefficient (Wildman–Crippen LogP) is 2.87. The van der Waals surface area contributed by atoms with E-state index in [1.54, 1.807) is 0 Å². The van der Waals surface area contributed by atoms with Crippen LogP contribution in [0.4, 0.5) is 0 Å². The molecule has 24 heavy (non-hydrogen) atoms. The zero-order valence-electron chi connectivity index (χ0n) is 14.5. The summed E-state index contributed by atoms with van der Waals surface area (Å²) in [6.45, 7) is 2.70. The first-order chi connectivity index (χ1) is 11.7. The lowest BCUT2D eigenvalue weighted by Gasteiger charge is -2.35. The summed E-state index contributed by atoms with van der Waals surface area (Å²) in [5, 5.41) is 0. The molecule has 0 aromatic heterocycles. The number of hydrogen-bond donors (Lipinski definition) is 0. The Balaban J connectivity index is 1.40. The lowest BCUT2D eigenvalue weighted by molar-refractivity contribution is -0.139. The van der Waals surface area contributed by atoms with E-state index >= 15 is 0 Å². The van der Waals surface area contributed by atoms with Crippen LogP contribution < -0.4 is 0 Å². The Hall–Kier alpha value is -1.84. The van der Waals surface area contributed by atoms with Crippen LogP contribution in [0, 0.1) is 5.92 Å². The van der Waals surface area contributed by atoms with Crippen molar-refractivity contribution in [1.82, 2.24) is 9.80 Å². The van der Waals surface area contributed by atoms with Crippen molar-refractivity contribution in [3.63, 3.8) is 0 Å². The van der Waals surface area contributed by atoms with Crippen molar-refractivity contribution in [2.75, 3.05) is 26.2 Å². The second kappa shape index (κ2) is 8.32. The van der Waals surface area contributed by atoms with Gasteiger partial charge in [-0.2, -0.15) is 0 Å². The molecular formula is C20H28N2O2. The number of carbonyl (C=O) groups excluding carboxylic acids is 2. The fourth-order valence-electron chi connectivity index (χ4n) is 3.87. The Kier molecular flexibility index (Phi) is 5.89. The Bertz CT molecular complexity index is 544. The molecular weight excluding hydrogens is 300 g/mol. The Morgan fingerprint density at radius 3 is 2.08 bits per heavy atom. The van der Waals surface area contributed by atoms with Gasteiger partial charge in [0.2, 0.25) is 11.8 Å². The molecule has 1 aromatic carbocycles. The summed E-state index contributed by atoms with van der Waals surface area (Å²) in [4.78, 5) is 28.6. The minimum atomic E-state index is 0.166. The van der Waals surface area contributed by atoms with Gasteiger partial charge in [0, 0.05) is 32.6 Å². The quantitative estimate of drug-likeness (QED) is 0.834. The molecule has 0 radical (unpaired) electrons. The zero-order chi connectivity index (χ0) is 16.8. The molecule has 4 nitrogen and oxygen atoms in total. The van der Waals surface area contributed by atoms with E-state index in [0.29, 0.717) is 39.0 Å². The van der Waals surface area contributed by atoms with E-state index < -0.39 is 0 Å². The fourth-order valence-corrected chi connectivity index (χ4v) is 3.87. The van der Waals surface area contributed by atoms with Crippen molar-refractivity contribution in [3.05, 3.63) is 35.9 Å². The first-order valence-electron chi connectivity index (χ1n) is 9.32. The molecule has 2 fully saturated rings. The third-order valence-electron chi connectivity index (χ3n) is 5.42. The molecule has 3 rings (SSSR count). The van der Waals surface area contributed by atoms with Crippen LogP contribution in [0.3, 0.4) is 0 Å². The molecule has 0 unspecified atom stereocenters. The maximum Gasteiger partial charge on any atom is 0.227 e. The molecule has 0 atom stereocenters. The molecule has 2 aliphatic rings. The second-order valence-corrected chi connectivity index (χ2v) is 7.11. The number of amides is 2. The van der Waals surface area contributed by atoms with Crippen LogP contribution in [0.25, 0.3) is 0 Å². The summed E-state index contributed by atoms with van der Waals surface area (Å²) in [7, 11) is 0. The predicted molar refractivity (Wildman–Crippen MR) is 94.5 cm³/mol. The second-order valence-electron chi connectivity index (χ2n) is 7.11. The van der Waals surface area contributed by atoms with Crippen LogP contribution >= 0.6 is 0 Å². The molecule has 2 amide bonds. The van der Waals surface area contributed by atoms with Gasteiger partial charge < -0.3 is 9.80 Å². The van der Waals surface area contributed by atoms with E-state index in [-0.39, 0.29) is 11.8 Å². The molecule has 130 valence electrons. The topological polar surface area (TPSA) is 40.6 Å². The normalized spacial score (nSPS) is 18.8. The maximum atomic E-state index is 12.4. The van der Waals surface area contributed by atoms with Gasteiger partial charge in [-0.1, -0.05) is 56.0 Å². The number of benzene rings is 1. The van der Waals surface area contributed by atoms with Crippen molar-refractivity contribution in [3.8, 4) is 0 Å². The van der Waals surface area contributed by atoms with Crippen molar-refractivity contribution < 1.29 is 9.59 Å². The number of hydrogen-bond acceptors (Lipinski definition) is 2. The standard InChI is InChI=1S/C20H28N2O2/c23-19(11-10-17-6-4-5-7-17)21-12-14-22(15-13-21)20(24)16-18-8-2-1-3-9-18/h1-3,8-9,17H,4-7,10-16H2. The Morgan fingerprint density at radius 1 is 0.875 bits per heavy atom. The highest BCUT2D eigenvalue weighted by molar-refractivity contribution is 5.80. The van der Waals surface area contributed by atoms with Crippen molar-refractivity contribution in [1.29, 1.82) is 0 Å². The van der Waals surface area contributed by atoms with Gasteiger partial charge in [-0.25, -0.2) is 0 Å². The first kappa shape index (κ1) is 17.0. The third-order valence-corrected chi connectivity index (χ3v) is 5.42. The lowest BCUT2D eigenvalue weighted by Crippen LogP contribution is -2.51. The monoisotopic (exact) mass is 328 g/mol. The van der Waals surface area contributed by atoms with Crippen LogP contribution in [-0.2, 0) is 16.0 Å². The van der Waals surface area contributed by atoms with E-state index in [1.807, 2.05) is 40.1 Å². The molecule has 4 heteroatoms. The summed E-state index contributed by atoms with van der Waals surface area (Å²) in [6, 6.07) is 9.86. The van der Waals surface area contributed by atoms with Gasteiger partial charge >= 0.3 is 0 Å². The molecule has 0 bridgehead atoms. The van der Waals surface area contributed by atoms with E-state index in [2.05, 4.69) is 0 Å². The van der Waals surface area contributed by atoms with Crippen LogP contribution in [-0.4, -0.2) is 47.8 Å². The van der Waals surface area contributed by atoms with E-state index in [9.17, 15) is 9.59 Å². The van der Waals surface area contributed by atoms with Crippen LogP contribution in [0.2, 0.25) is 0 Å². The SMILES string of the molecule is O=C(CCC1CCCC1)N1CCN(C(=O)Cc2ccccc2)CC1. The molecule has 0 N–H and O–H groups in total. The average Bonchev–Trinajstić information content (AvgIpc) is 3.14. The van der Waals surface area contributed by atoms with Gasteiger partial charge in [0.1, 0.15) is 0 Å². The van der Waals surface area contributed by atoms with Gasteiger partial charge in [0.15, 0.2) is 0 Å². The van der Waals surface area contributed by atoms with Crippen molar-refractivity contribution >= 4 is 11.8 Å². The average molecular weight is 328 g/mol. The molecule has 1 saturated carbocycles. The van der Waals surface area contributed by atoms with Gasteiger partial charge in [-0.15, -0.1) is 0 Å². The van der Waals surface area contributed by atoms with Crippen LogP contribution in [0.15, 0.2) is 30.3 Å².